The van der Waals surface area contributed by atoms with Gasteiger partial charge in [0.05, 0.1) is 0 Å². The van der Waals surface area contributed by atoms with Gasteiger partial charge in [-0.1, -0.05) is 19.3 Å². The van der Waals surface area contributed by atoms with Gasteiger partial charge in [-0.3, -0.25) is 0 Å². The van der Waals surface area contributed by atoms with Crippen molar-refractivity contribution in [1.82, 2.24) is 0 Å². The predicted molar refractivity (Wildman–Crippen MR) is 27.4 cm³/mol. The fourth-order valence-corrected chi connectivity index (χ4v) is 0.898. The third kappa shape index (κ3) is 6.85. The molecule has 0 aromatic rings. The van der Waals surface area contributed by atoms with Gasteiger partial charge in [0.1, 0.15) is 0 Å². The number of hydrogen-bond donors (Lipinski definition) is 0. The zero-order chi connectivity index (χ0) is 4.24. The molecule has 0 aromatic carbocycles. The van der Waals surface area contributed by atoms with Crippen LogP contribution >= 0.6 is 0 Å². The molecule has 0 nitrogen and oxygen atoms in total. The molecule has 1 aliphatic carbocycles. The summed E-state index contributed by atoms with van der Waals surface area (Å²) in [6.07, 6.45) is 9.50. The summed E-state index contributed by atoms with van der Waals surface area (Å²) < 4.78 is 0. The SMILES string of the molecule is [CH-]1CCCCC1.[K+].[Y]. The fourth-order valence-electron chi connectivity index (χ4n) is 0.898. The van der Waals surface area contributed by atoms with Gasteiger partial charge in [-0.25, -0.2) is 0 Å². The summed E-state index contributed by atoms with van der Waals surface area (Å²) in [5.74, 6) is 0. The van der Waals surface area contributed by atoms with Crippen molar-refractivity contribution in [3.05, 3.63) is 6.42 Å². The van der Waals surface area contributed by atoms with E-state index in [4.69, 9.17) is 0 Å². The van der Waals surface area contributed by atoms with E-state index in [0.717, 1.165) is 0 Å². The predicted octanol–water partition coefficient (Wildman–Crippen LogP) is -0.844. The van der Waals surface area contributed by atoms with Crippen LogP contribution in [0.1, 0.15) is 32.1 Å². The molecule has 1 aliphatic rings. The van der Waals surface area contributed by atoms with Gasteiger partial charge < -0.3 is 6.42 Å². The van der Waals surface area contributed by atoms with E-state index in [-0.39, 0.29) is 84.1 Å². The van der Waals surface area contributed by atoms with Crippen molar-refractivity contribution in [1.29, 1.82) is 0 Å². The first kappa shape index (κ1) is 13.3. The molecule has 0 atom stereocenters. The second kappa shape index (κ2) is 9.74. The Labute approximate surface area is 120 Å². The summed E-state index contributed by atoms with van der Waals surface area (Å²) >= 11 is 0. The molecule has 2 heteroatoms. The molecule has 0 amide bonds. The maximum Gasteiger partial charge on any atom is 1.00 e. The summed E-state index contributed by atoms with van der Waals surface area (Å²) in [6, 6.07) is 0. The molecule has 1 saturated carbocycles. The standard InChI is InChI=1S/C6H11.K.Y/c1-2-4-6-5-3-1;;/h1H,2-6H2;;/q-1;+1;. The monoisotopic (exact) mass is 211 g/mol. The Hall–Kier alpha value is 2.74. The van der Waals surface area contributed by atoms with Crippen LogP contribution in [0.4, 0.5) is 0 Å². The molecule has 0 spiro atoms. The molecule has 0 N–H and O–H groups in total. The van der Waals surface area contributed by atoms with Crippen molar-refractivity contribution in [3.63, 3.8) is 0 Å². The summed E-state index contributed by atoms with van der Waals surface area (Å²) in [7, 11) is 0. The molecule has 1 rings (SSSR count). The first-order chi connectivity index (χ1) is 3.00. The normalized spacial score (nSPS) is 18.0. The average molecular weight is 211 g/mol. The zero-order valence-corrected chi connectivity index (χ0v) is 11.7. The van der Waals surface area contributed by atoms with Crippen molar-refractivity contribution in [2.45, 2.75) is 32.1 Å². The van der Waals surface area contributed by atoms with Gasteiger partial charge in [0, 0.05) is 32.7 Å². The molecule has 0 saturated heterocycles. The smallest absolute Gasteiger partial charge is 0.328 e. The van der Waals surface area contributed by atoms with E-state index in [1.807, 2.05) is 0 Å². The minimum atomic E-state index is 0. The number of rotatable bonds is 0. The third-order valence-electron chi connectivity index (χ3n) is 1.32. The molecule has 0 heterocycles. The van der Waals surface area contributed by atoms with Crippen molar-refractivity contribution in [2.75, 3.05) is 0 Å². The van der Waals surface area contributed by atoms with Gasteiger partial charge >= 0.3 is 51.4 Å². The van der Waals surface area contributed by atoms with Crippen molar-refractivity contribution in [3.8, 4) is 0 Å². The van der Waals surface area contributed by atoms with Crippen LogP contribution in [-0.2, 0) is 32.7 Å². The number of hydrogen-bond acceptors (Lipinski definition) is 0. The van der Waals surface area contributed by atoms with Crippen LogP contribution in [0.2, 0.25) is 0 Å². The van der Waals surface area contributed by atoms with E-state index in [1.54, 1.807) is 0 Å². The van der Waals surface area contributed by atoms with Crippen molar-refractivity contribution < 1.29 is 84.1 Å². The molecule has 1 radical (unpaired) electrons. The fraction of sp³-hybridized carbons (Fsp3) is 0.833. The molecule has 0 aromatic heterocycles. The van der Waals surface area contributed by atoms with Gasteiger partial charge in [-0.2, -0.15) is 12.8 Å². The first-order valence-electron chi connectivity index (χ1n) is 2.82. The van der Waals surface area contributed by atoms with Gasteiger partial charge in [0.15, 0.2) is 0 Å². The average Bonchev–Trinajstić information content (AvgIpc) is 1.72. The van der Waals surface area contributed by atoms with Crippen LogP contribution in [0.15, 0.2) is 0 Å². The van der Waals surface area contributed by atoms with Crippen LogP contribution < -0.4 is 51.4 Å². The Morgan fingerprint density at radius 1 is 0.875 bits per heavy atom. The minimum absolute atomic E-state index is 0. The van der Waals surface area contributed by atoms with Gasteiger partial charge in [0.25, 0.3) is 0 Å². The van der Waals surface area contributed by atoms with Crippen LogP contribution in [0.5, 0.6) is 0 Å². The van der Waals surface area contributed by atoms with Crippen LogP contribution in [0.25, 0.3) is 0 Å². The van der Waals surface area contributed by atoms with E-state index in [1.165, 1.54) is 32.1 Å². The second-order valence-corrected chi connectivity index (χ2v) is 1.93. The molecule has 0 aliphatic heterocycles. The van der Waals surface area contributed by atoms with Gasteiger partial charge in [-0.05, 0) is 0 Å². The van der Waals surface area contributed by atoms with E-state index in [2.05, 4.69) is 6.42 Å². The zero-order valence-electron chi connectivity index (χ0n) is 5.69. The summed E-state index contributed by atoms with van der Waals surface area (Å²) in [4.78, 5) is 0. The molecule has 39 valence electrons. The Morgan fingerprint density at radius 2 is 1.38 bits per heavy atom. The summed E-state index contributed by atoms with van der Waals surface area (Å²) in [5.41, 5.74) is 0. The Kier molecular flexibility index (Phi) is 16.2. The van der Waals surface area contributed by atoms with E-state index >= 15 is 0 Å². The molecular weight excluding hydrogens is 200 g/mol. The van der Waals surface area contributed by atoms with E-state index < -0.39 is 0 Å². The molecule has 0 bridgehead atoms. The Balaban J connectivity index is 0. The molecule has 0 unspecified atom stereocenters. The van der Waals surface area contributed by atoms with Crippen LogP contribution in [0, 0.1) is 6.42 Å². The Morgan fingerprint density at radius 3 is 1.50 bits per heavy atom. The first-order valence-corrected chi connectivity index (χ1v) is 2.82. The van der Waals surface area contributed by atoms with E-state index in [0.29, 0.717) is 0 Å². The second-order valence-electron chi connectivity index (χ2n) is 1.93. The van der Waals surface area contributed by atoms with Crippen molar-refractivity contribution >= 4 is 0 Å². The molecule has 1 fully saturated rings. The topological polar surface area (TPSA) is 0 Å². The summed E-state index contributed by atoms with van der Waals surface area (Å²) in [5, 5.41) is 0. The largest absolute Gasteiger partial charge is 1.00 e. The maximum atomic E-state index is 2.39. The van der Waals surface area contributed by atoms with Crippen LogP contribution in [0.3, 0.4) is 0 Å². The van der Waals surface area contributed by atoms with Crippen molar-refractivity contribution in [2.24, 2.45) is 0 Å². The summed E-state index contributed by atoms with van der Waals surface area (Å²) in [6.45, 7) is 0. The third-order valence-corrected chi connectivity index (χ3v) is 1.32. The van der Waals surface area contributed by atoms with Gasteiger partial charge in [0.2, 0.25) is 0 Å². The minimum Gasteiger partial charge on any atom is -0.328 e. The van der Waals surface area contributed by atoms with Gasteiger partial charge in [-0.15, -0.1) is 0 Å². The van der Waals surface area contributed by atoms with Crippen LogP contribution in [-0.4, -0.2) is 0 Å². The molecule has 8 heavy (non-hydrogen) atoms. The molecular formula is C6H11KY. The quantitative estimate of drug-likeness (QED) is 0.362. The van der Waals surface area contributed by atoms with E-state index in [9.17, 15) is 0 Å². The maximum absolute atomic E-state index is 2.39. The Bertz CT molecular complexity index is 24.0.